The van der Waals surface area contributed by atoms with Crippen molar-refractivity contribution in [3.05, 3.63) is 12.7 Å². The second kappa shape index (κ2) is 8.96. The van der Waals surface area contributed by atoms with E-state index in [9.17, 15) is 19.5 Å². The molecule has 4 aliphatic rings. The Morgan fingerprint density at radius 2 is 2.08 bits per heavy atom. The van der Waals surface area contributed by atoms with Gasteiger partial charge in [-0.15, -0.1) is 0 Å². The third-order valence-corrected chi connectivity index (χ3v) is 9.87. The highest BCUT2D eigenvalue weighted by molar-refractivity contribution is 8.07. The lowest BCUT2D eigenvalue weighted by atomic mass is 10.0. The number of phosphoric ester groups is 1. The van der Waals surface area contributed by atoms with Crippen LogP contribution in [0, 0.1) is 11.3 Å². The van der Waals surface area contributed by atoms with Gasteiger partial charge >= 0.3 is 14.5 Å². The van der Waals surface area contributed by atoms with Gasteiger partial charge in [-0.25, -0.2) is 24.5 Å². The van der Waals surface area contributed by atoms with Gasteiger partial charge in [-0.1, -0.05) is 0 Å². The fourth-order valence-electron chi connectivity index (χ4n) is 5.65. The van der Waals surface area contributed by atoms with Crippen molar-refractivity contribution in [2.45, 2.75) is 49.5 Å². The molecule has 4 fully saturated rings. The molecule has 202 valence electrons. The lowest BCUT2D eigenvalue weighted by Gasteiger charge is -2.31. The zero-order chi connectivity index (χ0) is 26.2. The maximum Gasteiger partial charge on any atom is 0.472 e. The minimum atomic E-state index is -4.61. The number of aromatic nitrogens is 4. The molecule has 0 amide bonds. The standard InChI is InChI=1S/C18H25N7O9P2S/c19-5-21-17-10-1-8(32-17)3-30-36(29,37)34-14-13(26)12(9-2-18(9,14)4-31-35(27,28)33-10)25-7-24-11-15(20)22-6-23-16(11)25/h5-10,12-14,17,26H,1-4H2,(H2,19,21)(H,27,28)(H,29,37)(H2,20,22,23)/t8-,9+,10+,12+,13-,14-,17+,18?,36?/m0/s1. The van der Waals surface area contributed by atoms with Crippen LogP contribution in [-0.2, 0) is 39.2 Å². The number of nitrogens with two attached hydrogens (primary N) is 2. The van der Waals surface area contributed by atoms with Crippen LogP contribution in [0.5, 0.6) is 0 Å². The minimum Gasteiger partial charge on any atom is -0.390 e. The number of hydrogen-bond donors (Lipinski definition) is 5. The molecule has 19 heteroatoms. The van der Waals surface area contributed by atoms with Gasteiger partial charge < -0.3 is 44.7 Å². The Kier molecular flexibility index (Phi) is 6.21. The molecule has 1 spiro atoms. The van der Waals surface area contributed by atoms with E-state index in [4.69, 9.17) is 46.1 Å². The van der Waals surface area contributed by atoms with Gasteiger partial charge in [-0.05, 0) is 24.1 Å². The monoisotopic (exact) mass is 577 g/mol. The predicted octanol–water partition coefficient (Wildman–Crippen LogP) is -0.433. The third-order valence-electron chi connectivity index (χ3n) is 7.34. The Morgan fingerprint density at radius 1 is 1.27 bits per heavy atom. The van der Waals surface area contributed by atoms with E-state index in [1.54, 1.807) is 4.57 Å². The molecule has 2 saturated carbocycles. The first-order valence-corrected chi connectivity index (χ1v) is 15.4. The molecule has 2 aliphatic carbocycles. The number of aliphatic imine (C=N–C) groups is 1. The molecule has 4 heterocycles. The average Bonchev–Trinajstić information content (AvgIpc) is 3.07. The molecular formula is C18H25N7O9P2S. The van der Waals surface area contributed by atoms with Crippen LogP contribution in [0.15, 0.2) is 17.6 Å². The molecule has 2 bridgehead atoms. The molecule has 6 rings (SSSR count). The summed E-state index contributed by atoms with van der Waals surface area (Å²) < 4.78 is 42.4. The van der Waals surface area contributed by atoms with E-state index in [2.05, 4.69) is 19.9 Å². The highest BCUT2D eigenvalue weighted by atomic mass is 32.5. The van der Waals surface area contributed by atoms with Crippen LogP contribution in [0.2, 0.25) is 0 Å². The first-order chi connectivity index (χ1) is 17.5. The first-order valence-electron chi connectivity index (χ1n) is 11.3. The molecule has 16 nitrogen and oxygen atoms in total. The van der Waals surface area contributed by atoms with E-state index in [0.717, 1.165) is 6.34 Å². The fraction of sp³-hybridized carbons (Fsp3) is 0.667. The average molecular weight is 577 g/mol. The molecule has 0 aromatic carbocycles. The van der Waals surface area contributed by atoms with E-state index in [0.29, 0.717) is 17.6 Å². The van der Waals surface area contributed by atoms with Crippen molar-refractivity contribution in [2.24, 2.45) is 22.1 Å². The molecule has 2 saturated heterocycles. The van der Waals surface area contributed by atoms with Crippen LogP contribution >= 0.6 is 14.5 Å². The summed E-state index contributed by atoms with van der Waals surface area (Å²) >= 11 is 5.25. The van der Waals surface area contributed by atoms with E-state index >= 15 is 0 Å². The van der Waals surface area contributed by atoms with Gasteiger partial charge in [0.1, 0.15) is 30.2 Å². The summed E-state index contributed by atoms with van der Waals surface area (Å²) in [7, 11) is -4.61. The van der Waals surface area contributed by atoms with Crippen molar-refractivity contribution in [3.63, 3.8) is 0 Å². The molecule has 7 N–H and O–H groups in total. The molecule has 2 aromatic heterocycles. The number of nitrogens with zero attached hydrogens (tertiary/aromatic N) is 5. The van der Waals surface area contributed by atoms with E-state index < -0.39 is 56.6 Å². The third kappa shape index (κ3) is 4.41. The molecule has 2 aromatic rings. The van der Waals surface area contributed by atoms with Gasteiger partial charge in [0.2, 0.25) is 0 Å². The smallest absolute Gasteiger partial charge is 0.390 e. The summed E-state index contributed by atoms with van der Waals surface area (Å²) in [6.45, 7) is -4.43. The Hall–Kier alpha value is -1.62. The van der Waals surface area contributed by atoms with Crippen molar-refractivity contribution >= 4 is 49.7 Å². The van der Waals surface area contributed by atoms with Crippen LogP contribution in [-0.4, -0.2) is 84.6 Å². The number of phosphoric acid groups is 1. The Bertz CT molecular complexity index is 1350. The second-order valence-corrected chi connectivity index (χ2v) is 13.7. The van der Waals surface area contributed by atoms with Gasteiger partial charge in [-0.2, -0.15) is 0 Å². The summed E-state index contributed by atoms with van der Waals surface area (Å²) in [6, 6.07) is -0.641. The van der Waals surface area contributed by atoms with Crippen LogP contribution in [0.3, 0.4) is 0 Å². The van der Waals surface area contributed by atoms with Crippen molar-refractivity contribution in [3.8, 4) is 0 Å². The predicted molar refractivity (Wildman–Crippen MR) is 129 cm³/mol. The number of imidazole rings is 1. The Labute approximate surface area is 214 Å². The number of ether oxygens (including phenoxy) is 1. The second-order valence-electron chi connectivity index (χ2n) is 9.47. The Morgan fingerprint density at radius 3 is 2.86 bits per heavy atom. The lowest BCUT2D eigenvalue weighted by molar-refractivity contribution is -0.0399. The number of fused-ring (bicyclic) bond motifs is 3. The molecule has 37 heavy (non-hydrogen) atoms. The SMILES string of the molecule is NC=N[C@@H]1O[C@@H]2COP(O)(=S)O[C@H]3[C@@H](O)[C@H](n4cnc5c(N)ncnc54)[C@H]4CC43COP(=O)(O)O[C@@H]1C2. The summed E-state index contributed by atoms with van der Waals surface area (Å²) in [6.07, 6.45) is -0.678. The summed E-state index contributed by atoms with van der Waals surface area (Å²) in [5.74, 6) is -0.133. The highest BCUT2D eigenvalue weighted by Gasteiger charge is 2.73. The quantitative estimate of drug-likeness (QED) is 0.173. The van der Waals surface area contributed by atoms with Gasteiger partial charge in [0, 0.05) is 11.8 Å². The van der Waals surface area contributed by atoms with Gasteiger partial charge in [0.05, 0.1) is 38.0 Å². The van der Waals surface area contributed by atoms with Crippen molar-refractivity contribution in [1.29, 1.82) is 0 Å². The lowest BCUT2D eigenvalue weighted by Crippen LogP contribution is -2.38. The molecule has 3 unspecified atom stereocenters. The minimum absolute atomic E-state index is 0.103. The maximum absolute atomic E-state index is 12.9. The van der Waals surface area contributed by atoms with E-state index in [1.165, 1.54) is 12.7 Å². The van der Waals surface area contributed by atoms with Crippen LogP contribution in [0.25, 0.3) is 11.2 Å². The zero-order valence-corrected chi connectivity index (χ0v) is 21.7. The maximum atomic E-state index is 12.9. The molecular weight excluding hydrogens is 552 g/mol. The normalized spacial score (nSPS) is 46.2. The summed E-state index contributed by atoms with van der Waals surface area (Å²) in [4.78, 5) is 37.8. The van der Waals surface area contributed by atoms with Gasteiger partial charge in [0.15, 0.2) is 17.7 Å². The van der Waals surface area contributed by atoms with E-state index in [-0.39, 0.29) is 31.4 Å². The molecule has 0 radical (unpaired) electrons. The van der Waals surface area contributed by atoms with Gasteiger partial charge in [0.25, 0.3) is 0 Å². The van der Waals surface area contributed by atoms with Crippen LogP contribution in [0.1, 0.15) is 18.9 Å². The first kappa shape index (κ1) is 25.6. The fourth-order valence-corrected chi connectivity index (χ4v) is 8.14. The van der Waals surface area contributed by atoms with Gasteiger partial charge in [-0.3, -0.25) is 9.05 Å². The number of aliphatic hydroxyl groups is 1. The highest BCUT2D eigenvalue weighted by Crippen LogP contribution is 2.72. The Balaban J connectivity index is 1.34. The van der Waals surface area contributed by atoms with Crippen LogP contribution in [0.4, 0.5) is 5.82 Å². The van der Waals surface area contributed by atoms with Crippen molar-refractivity contribution in [1.82, 2.24) is 19.5 Å². The topological polar surface area (TPSA) is 232 Å². The van der Waals surface area contributed by atoms with Crippen LogP contribution < -0.4 is 11.5 Å². The summed E-state index contributed by atoms with van der Waals surface area (Å²) in [5.41, 5.74) is 11.1. The molecule has 2 aliphatic heterocycles. The van der Waals surface area contributed by atoms with Crippen molar-refractivity contribution < 1.29 is 42.3 Å². The van der Waals surface area contributed by atoms with Crippen molar-refractivity contribution in [2.75, 3.05) is 18.9 Å². The summed E-state index contributed by atoms with van der Waals surface area (Å²) in [5, 5.41) is 11.4. The number of rotatable bonds is 2. The zero-order valence-electron chi connectivity index (χ0n) is 19.1. The largest absolute Gasteiger partial charge is 0.472 e. The number of hydrogen-bond acceptors (Lipinski definition) is 13. The number of nitrogen functional groups attached to an aromatic ring is 1. The van der Waals surface area contributed by atoms with E-state index in [1.807, 2.05) is 0 Å². The number of aliphatic hydroxyl groups excluding tert-OH is 1. The molecule has 10 atom stereocenters. The number of anilines is 1.